The number of ether oxygens (including phenoxy) is 1. The van der Waals surface area contributed by atoms with Gasteiger partial charge in [-0.15, -0.1) is 0 Å². The molecule has 0 fully saturated rings. The van der Waals surface area contributed by atoms with Crippen LogP contribution in [-0.2, 0) is 11.2 Å². The Labute approximate surface area is 118 Å². The lowest BCUT2D eigenvalue weighted by Gasteiger charge is -2.18. The van der Waals surface area contributed by atoms with E-state index in [-0.39, 0.29) is 5.97 Å². The lowest BCUT2D eigenvalue weighted by molar-refractivity contribution is 0.0601. The first-order valence-corrected chi connectivity index (χ1v) is 6.83. The van der Waals surface area contributed by atoms with Crippen molar-refractivity contribution >= 4 is 11.7 Å². The maximum Gasteiger partial charge on any atom is 0.337 e. The standard InChI is InChI=1S/C17H17NO2/c1-20-17(19)13-6-4-12(5-7-13)14-8-9-16-15(11-14)3-2-10-18-16/h4-9,11,18H,2-3,10H2,1H3. The zero-order chi connectivity index (χ0) is 13.9. The van der Waals surface area contributed by atoms with Crippen LogP contribution in [0.2, 0.25) is 0 Å². The van der Waals surface area contributed by atoms with Gasteiger partial charge in [0.15, 0.2) is 0 Å². The summed E-state index contributed by atoms with van der Waals surface area (Å²) in [7, 11) is 1.40. The monoisotopic (exact) mass is 267 g/mol. The van der Waals surface area contributed by atoms with Gasteiger partial charge in [-0.05, 0) is 53.8 Å². The molecule has 1 aliphatic rings. The second kappa shape index (κ2) is 5.37. The summed E-state index contributed by atoms with van der Waals surface area (Å²) in [5.41, 5.74) is 5.49. The molecular formula is C17H17NO2. The fourth-order valence-electron chi connectivity index (χ4n) is 2.57. The molecule has 1 aliphatic heterocycles. The number of hydrogen-bond acceptors (Lipinski definition) is 3. The van der Waals surface area contributed by atoms with Crippen molar-refractivity contribution < 1.29 is 9.53 Å². The number of carbonyl (C=O) groups is 1. The molecule has 2 aromatic carbocycles. The Morgan fingerprint density at radius 3 is 2.60 bits per heavy atom. The van der Waals surface area contributed by atoms with Crippen molar-refractivity contribution in [3.05, 3.63) is 53.6 Å². The molecule has 0 amide bonds. The maximum atomic E-state index is 11.4. The molecular weight excluding hydrogens is 250 g/mol. The van der Waals surface area contributed by atoms with E-state index in [0.29, 0.717) is 5.56 Å². The van der Waals surface area contributed by atoms with Crippen molar-refractivity contribution in [1.29, 1.82) is 0 Å². The van der Waals surface area contributed by atoms with Crippen LogP contribution in [0.1, 0.15) is 22.3 Å². The first-order chi connectivity index (χ1) is 9.78. The Balaban J connectivity index is 1.91. The van der Waals surface area contributed by atoms with Gasteiger partial charge in [-0.2, -0.15) is 0 Å². The van der Waals surface area contributed by atoms with Crippen molar-refractivity contribution in [2.75, 3.05) is 19.0 Å². The Bertz CT molecular complexity index is 632. The molecule has 3 nitrogen and oxygen atoms in total. The van der Waals surface area contributed by atoms with Gasteiger partial charge in [-0.1, -0.05) is 18.2 Å². The molecule has 0 unspecified atom stereocenters. The molecule has 3 heteroatoms. The molecule has 2 aromatic rings. The normalized spacial score (nSPS) is 13.2. The number of carbonyl (C=O) groups excluding carboxylic acids is 1. The Morgan fingerprint density at radius 2 is 1.85 bits per heavy atom. The molecule has 0 saturated carbocycles. The fraction of sp³-hybridized carbons (Fsp3) is 0.235. The number of methoxy groups -OCH3 is 1. The van der Waals surface area contributed by atoms with E-state index in [4.69, 9.17) is 4.74 Å². The topological polar surface area (TPSA) is 38.3 Å². The Kier molecular flexibility index (Phi) is 3.42. The third kappa shape index (κ3) is 2.39. The third-order valence-corrected chi connectivity index (χ3v) is 3.68. The minimum atomic E-state index is -0.300. The molecule has 20 heavy (non-hydrogen) atoms. The van der Waals surface area contributed by atoms with Gasteiger partial charge in [0, 0.05) is 12.2 Å². The lowest BCUT2D eigenvalue weighted by atomic mass is 9.97. The summed E-state index contributed by atoms with van der Waals surface area (Å²) in [6, 6.07) is 14.0. The van der Waals surface area contributed by atoms with Gasteiger partial charge in [0.2, 0.25) is 0 Å². The summed E-state index contributed by atoms with van der Waals surface area (Å²) in [4.78, 5) is 11.4. The minimum Gasteiger partial charge on any atom is -0.465 e. The van der Waals surface area contributed by atoms with Crippen LogP contribution < -0.4 is 5.32 Å². The Morgan fingerprint density at radius 1 is 1.10 bits per heavy atom. The highest BCUT2D eigenvalue weighted by Gasteiger charge is 2.10. The predicted molar refractivity (Wildman–Crippen MR) is 80.0 cm³/mol. The van der Waals surface area contributed by atoms with E-state index in [1.807, 2.05) is 12.1 Å². The molecule has 1 N–H and O–H groups in total. The van der Waals surface area contributed by atoms with Gasteiger partial charge in [-0.3, -0.25) is 0 Å². The highest BCUT2D eigenvalue weighted by atomic mass is 16.5. The molecule has 0 radical (unpaired) electrons. The average molecular weight is 267 g/mol. The summed E-state index contributed by atoms with van der Waals surface area (Å²) < 4.78 is 4.71. The molecule has 0 spiro atoms. The van der Waals surface area contributed by atoms with Crippen LogP contribution in [0.25, 0.3) is 11.1 Å². The molecule has 0 atom stereocenters. The molecule has 3 rings (SSSR count). The molecule has 0 bridgehead atoms. The highest BCUT2D eigenvalue weighted by molar-refractivity contribution is 5.90. The molecule has 102 valence electrons. The van der Waals surface area contributed by atoms with E-state index in [0.717, 1.165) is 18.5 Å². The zero-order valence-corrected chi connectivity index (χ0v) is 11.5. The number of benzene rings is 2. The van der Waals surface area contributed by atoms with E-state index in [1.165, 1.54) is 30.3 Å². The minimum absolute atomic E-state index is 0.300. The fourth-order valence-corrected chi connectivity index (χ4v) is 2.57. The summed E-state index contributed by atoms with van der Waals surface area (Å²) in [5, 5.41) is 3.41. The second-order valence-corrected chi connectivity index (χ2v) is 4.97. The number of aryl methyl sites for hydroxylation is 1. The van der Waals surface area contributed by atoms with Crippen molar-refractivity contribution in [3.8, 4) is 11.1 Å². The maximum absolute atomic E-state index is 11.4. The SMILES string of the molecule is COC(=O)c1ccc(-c2ccc3c(c2)CCCN3)cc1. The first-order valence-electron chi connectivity index (χ1n) is 6.83. The van der Waals surface area contributed by atoms with Gasteiger partial charge in [-0.25, -0.2) is 4.79 Å². The van der Waals surface area contributed by atoms with Gasteiger partial charge in [0.25, 0.3) is 0 Å². The number of anilines is 1. The summed E-state index contributed by atoms with van der Waals surface area (Å²) in [5.74, 6) is -0.300. The quantitative estimate of drug-likeness (QED) is 0.846. The van der Waals surface area contributed by atoms with Crippen LogP contribution in [0.4, 0.5) is 5.69 Å². The van der Waals surface area contributed by atoms with Crippen LogP contribution >= 0.6 is 0 Å². The second-order valence-electron chi connectivity index (χ2n) is 4.97. The van der Waals surface area contributed by atoms with E-state index in [1.54, 1.807) is 12.1 Å². The van der Waals surface area contributed by atoms with Crippen molar-refractivity contribution in [1.82, 2.24) is 0 Å². The number of nitrogens with one attached hydrogen (secondary N) is 1. The summed E-state index contributed by atoms with van der Waals surface area (Å²) in [6.45, 7) is 1.06. The van der Waals surface area contributed by atoms with Crippen LogP contribution in [0, 0.1) is 0 Å². The van der Waals surface area contributed by atoms with E-state index >= 15 is 0 Å². The number of fused-ring (bicyclic) bond motifs is 1. The van der Waals surface area contributed by atoms with Gasteiger partial charge < -0.3 is 10.1 Å². The largest absolute Gasteiger partial charge is 0.465 e. The predicted octanol–water partition coefficient (Wildman–Crippen LogP) is 3.50. The molecule has 1 heterocycles. The zero-order valence-electron chi connectivity index (χ0n) is 11.5. The van der Waals surface area contributed by atoms with Crippen molar-refractivity contribution in [2.24, 2.45) is 0 Å². The van der Waals surface area contributed by atoms with Gasteiger partial charge in [0.05, 0.1) is 12.7 Å². The molecule has 0 aromatic heterocycles. The average Bonchev–Trinajstić information content (AvgIpc) is 2.54. The highest BCUT2D eigenvalue weighted by Crippen LogP contribution is 2.28. The van der Waals surface area contributed by atoms with Gasteiger partial charge in [0.1, 0.15) is 0 Å². The Hall–Kier alpha value is -2.29. The molecule has 0 saturated heterocycles. The lowest BCUT2D eigenvalue weighted by Crippen LogP contribution is -2.11. The van der Waals surface area contributed by atoms with Crippen LogP contribution in [0.3, 0.4) is 0 Å². The van der Waals surface area contributed by atoms with Gasteiger partial charge >= 0.3 is 5.97 Å². The van der Waals surface area contributed by atoms with Crippen LogP contribution in [0.15, 0.2) is 42.5 Å². The number of esters is 1. The van der Waals surface area contributed by atoms with E-state index in [9.17, 15) is 4.79 Å². The number of hydrogen-bond donors (Lipinski definition) is 1. The molecule has 0 aliphatic carbocycles. The smallest absolute Gasteiger partial charge is 0.337 e. The first kappa shape index (κ1) is 12.7. The number of rotatable bonds is 2. The van der Waals surface area contributed by atoms with E-state index in [2.05, 4.69) is 23.5 Å². The van der Waals surface area contributed by atoms with Crippen LogP contribution in [-0.4, -0.2) is 19.6 Å². The van der Waals surface area contributed by atoms with Crippen molar-refractivity contribution in [2.45, 2.75) is 12.8 Å². The summed E-state index contributed by atoms with van der Waals surface area (Å²) in [6.07, 6.45) is 2.30. The van der Waals surface area contributed by atoms with E-state index < -0.39 is 0 Å². The third-order valence-electron chi connectivity index (χ3n) is 3.68. The van der Waals surface area contributed by atoms with Crippen LogP contribution in [0.5, 0.6) is 0 Å². The van der Waals surface area contributed by atoms with Crippen molar-refractivity contribution in [3.63, 3.8) is 0 Å². The summed E-state index contributed by atoms with van der Waals surface area (Å²) >= 11 is 0.